The number of hydrogen-bond donors (Lipinski definition) is 0. The molecule has 0 heterocycles. The molecular formula is C13H16O3. The largest absolute Gasteiger partial charge is 0.497 e. The first-order valence-corrected chi connectivity index (χ1v) is 5.19. The van der Waals surface area contributed by atoms with E-state index >= 15 is 0 Å². The second kappa shape index (κ2) is 5.95. The molecule has 0 saturated heterocycles. The maximum atomic E-state index is 11.5. The predicted octanol–water partition coefficient (Wildman–Crippen LogP) is 2.66. The molecule has 0 radical (unpaired) electrons. The second-order valence-electron chi connectivity index (χ2n) is 3.34. The Morgan fingerprint density at radius 1 is 1.31 bits per heavy atom. The molecule has 0 amide bonds. The fraction of sp³-hybridized carbons (Fsp3) is 0.308. The minimum atomic E-state index is -0.369. The molecule has 0 aliphatic carbocycles. The van der Waals surface area contributed by atoms with Gasteiger partial charge in [0.25, 0.3) is 0 Å². The van der Waals surface area contributed by atoms with Gasteiger partial charge in [-0.1, -0.05) is 25.6 Å². The Morgan fingerprint density at radius 2 is 1.94 bits per heavy atom. The van der Waals surface area contributed by atoms with Gasteiger partial charge in [-0.15, -0.1) is 0 Å². The van der Waals surface area contributed by atoms with Crippen LogP contribution in [0.4, 0.5) is 0 Å². The van der Waals surface area contributed by atoms with Crippen LogP contribution in [0.15, 0.2) is 30.8 Å². The van der Waals surface area contributed by atoms with Crippen molar-refractivity contribution >= 4 is 11.5 Å². The molecule has 0 atom stereocenters. The highest BCUT2D eigenvalue weighted by Crippen LogP contribution is 2.18. The van der Waals surface area contributed by atoms with Crippen LogP contribution in [0.2, 0.25) is 0 Å². The van der Waals surface area contributed by atoms with Crippen LogP contribution in [-0.2, 0) is 9.53 Å². The van der Waals surface area contributed by atoms with Gasteiger partial charge in [0.05, 0.1) is 19.3 Å². The zero-order valence-corrected chi connectivity index (χ0v) is 9.66. The van der Waals surface area contributed by atoms with E-state index in [-0.39, 0.29) is 5.97 Å². The summed E-state index contributed by atoms with van der Waals surface area (Å²) in [6, 6.07) is 7.14. The lowest BCUT2D eigenvalue weighted by Gasteiger charge is -2.06. The van der Waals surface area contributed by atoms with Crippen LogP contribution < -0.4 is 4.74 Å². The molecule has 3 nitrogen and oxygen atoms in total. The molecule has 1 aromatic rings. The third-order valence-corrected chi connectivity index (χ3v) is 2.12. The van der Waals surface area contributed by atoms with E-state index in [1.54, 1.807) is 31.4 Å². The summed E-state index contributed by atoms with van der Waals surface area (Å²) in [5, 5.41) is 0. The first-order chi connectivity index (χ1) is 7.69. The van der Waals surface area contributed by atoms with Crippen molar-refractivity contribution in [3.05, 3.63) is 36.4 Å². The van der Waals surface area contributed by atoms with E-state index in [0.29, 0.717) is 12.2 Å². The Labute approximate surface area is 95.7 Å². The first kappa shape index (κ1) is 12.3. The molecule has 0 unspecified atom stereocenters. The number of methoxy groups -OCH3 is 1. The van der Waals surface area contributed by atoms with E-state index in [9.17, 15) is 4.79 Å². The fourth-order valence-corrected chi connectivity index (χ4v) is 1.19. The Kier molecular flexibility index (Phi) is 4.58. The summed E-state index contributed by atoms with van der Waals surface area (Å²) in [6.45, 7) is 6.09. The van der Waals surface area contributed by atoms with Gasteiger partial charge in [-0.25, -0.2) is 4.79 Å². The normalized spacial score (nSPS) is 9.62. The van der Waals surface area contributed by atoms with E-state index in [1.807, 2.05) is 6.92 Å². The summed E-state index contributed by atoms with van der Waals surface area (Å²) in [7, 11) is 1.60. The van der Waals surface area contributed by atoms with Gasteiger partial charge in [0, 0.05) is 0 Å². The molecule has 0 bridgehead atoms. The van der Waals surface area contributed by atoms with Gasteiger partial charge in [0.15, 0.2) is 0 Å². The van der Waals surface area contributed by atoms with Crippen molar-refractivity contribution in [2.75, 3.05) is 13.7 Å². The van der Waals surface area contributed by atoms with Crippen molar-refractivity contribution in [3.63, 3.8) is 0 Å². The lowest BCUT2D eigenvalue weighted by Crippen LogP contribution is -2.06. The van der Waals surface area contributed by atoms with Crippen LogP contribution in [0, 0.1) is 0 Å². The number of hydrogen-bond acceptors (Lipinski definition) is 3. The molecule has 0 N–H and O–H groups in total. The van der Waals surface area contributed by atoms with Crippen molar-refractivity contribution in [1.29, 1.82) is 0 Å². The molecule has 3 heteroatoms. The molecule has 1 aromatic carbocycles. The summed E-state index contributed by atoms with van der Waals surface area (Å²) < 4.78 is 10.0. The molecule has 0 aromatic heterocycles. The summed E-state index contributed by atoms with van der Waals surface area (Å²) in [4.78, 5) is 11.5. The molecule has 0 saturated carbocycles. The highest BCUT2D eigenvalue weighted by atomic mass is 16.5. The second-order valence-corrected chi connectivity index (χ2v) is 3.34. The van der Waals surface area contributed by atoms with Crippen LogP contribution in [0.5, 0.6) is 5.75 Å². The average Bonchev–Trinajstić information content (AvgIpc) is 2.35. The zero-order chi connectivity index (χ0) is 12.0. The SMILES string of the molecule is C=C(C(=O)OCCC)c1ccc(OC)cc1. The van der Waals surface area contributed by atoms with Crippen molar-refractivity contribution in [3.8, 4) is 5.75 Å². The number of rotatable bonds is 5. The van der Waals surface area contributed by atoms with Gasteiger partial charge >= 0.3 is 5.97 Å². The number of benzene rings is 1. The van der Waals surface area contributed by atoms with Crippen molar-refractivity contribution in [2.24, 2.45) is 0 Å². The van der Waals surface area contributed by atoms with Crippen LogP contribution in [0.3, 0.4) is 0 Å². The maximum Gasteiger partial charge on any atom is 0.338 e. The number of carbonyl (C=O) groups is 1. The van der Waals surface area contributed by atoms with Crippen LogP contribution in [-0.4, -0.2) is 19.7 Å². The van der Waals surface area contributed by atoms with Gasteiger partial charge in [0.2, 0.25) is 0 Å². The van der Waals surface area contributed by atoms with Gasteiger partial charge < -0.3 is 9.47 Å². The van der Waals surface area contributed by atoms with Crippen LogP contribution in [0.1, 0.15) is 18.9 Å². The average molecular weight is 220 g/mol. The molecule has 0 aliphatic rings. The summed E-state index contributed by atoms with van der Waals surface area (Å²) in [5.41, 5.74) is 1.12. The summed E-state index contributed by atoms with van der Waals surface area (Å²) in [5.74, 6) is 0.380. The highest BCUT2D eigenvalue weighted by molar-refractivity contribution is 6.15. The lowest BCUT2D eigenvalue weighted by atomic mass is 10.1. The van der Waals surface area contributed by atoms with Crippen LogP contribution >= 0.6 is 0 Å². The lowest BCUT2D eigenvalue weighted by molar-refractivity contribution is -0.136. The van der Waals surface area contributed by atoms with Gasteiger partial charge in [-0.05, 0) is 24.1 Å². The molecule has 0 fully saturated rings. The summed E-state index contributed by atoms with van der Waals surface area (Å²) >= 11 is 0. The minimum Gasteiger partial charge on any atom is -0.497 e. The number of carbonyl (C=O) groups excluding carboxylic acids is 1. The van der Waals surface area contributed by atoms with E-state index in [2.05, 4.69) is 6.58 Å². The molecule has 1 rings (SSSR count). The minimum absolute atomic E-state index is 0.369. The predicted molar refractivity (Wildman–Crippen MR) is 63.3 cm³/mol. The van der Waals surface area contributed by atoms with Gasteiger partial charge in [-0.3, -0.25) is 0 Å². The van der Waals surface area contributed by atoms with E-state index in [4.69, 9.17) is 9.47 Å². The number of esters is 1. The zero-order valence-electron chi connectivity index (χ0n) is 9.66. The quantitative estimate of drug-likeness (QED) is 0.565. The monoisotopic (exact) mass is 220 g/mol. The third-order valence-electron chi connectivity index (χ3n) is 2.12. The van der Waals surface area contributed by atoms with Crippen molar-refractivity contribution in [2.45, 2.75) is 13.3 Å². The Bertz CT molecular complexity index is 365. The fourth-order valence-electron chi connectivity index (χ4n) is 1.19. The smallest absolute Gasteiger partial charge is 0.338 e. The summed E-state index contributed by atoms with van der Waals surface area (Å²) in [6.07, 6.45) is 0.807. The van der Waals surface area contributed by atoms with Crippen LogP contribution in [0.25, 0.3) is 5.57 Å². The van der Waals surface area contributed by atoms with E-state index < -0.39 is 0 Å². The molecule has 0 aliphatic heterocycles. The Morgan fingerprint density at radius 3 is 2.44 bits per heavy atom. The molecular weight excluding hydrogens is 204 g/mol. The molecule has 86 valence electrons. The third kappa shape index (κ3) is 3.12. The van der Waals surface area contributed by atoms with Gasteiger partial charge in [0.1, 0.15) is 5.75 Å². The van der Waals surface area contributed by atoms with E-state index in [1.165, 1.54) is 0 Å². The maximum absolute atomic E-state index is 11.5. The van der Waals surface area contributed by atoms with E-state index in [0.717, 1.165) is 17.7 Å². The molecule has 16 heavy (non-hydrogen) atoms. The number of ether oxygens (including phenoxy) is 2. The van der Waals surface area contributed by atoms with Crippen molar-refractivity contribution < 1.29 is 14.3 Å². The Balaban J connectivity index is 2.68. The molecule has 0 spiro atoms. The standard InChI is InChI=1S/C13H16O3/c1-4-9-16-13(14)10(2)11-5-7-12(15-3)8-6-11/h5-8H,2,4,9H2,1,3H3. The van der Waals surface area contributed by atoms with Crippen molar-refractivity contribution in [1.82, 2.24) is 0 Å². The highest BCUT2D eigenvalue weighted by Gasteiger charge is 2.10. The first-order valence-electron chi connectivity index (χ1n) is 5.19. The van der Waals surface area contributed by atoms with Gasteiger partial charge in [-0.2, -0.15) is 0 Å². The Hall–Kier alpha value is -1.77. The topological polar surface area (TPSA) is 35.5 Å².